The molecule has 1 atom stereocenters. The van der Waals surface area contributed by atoms with Crippen molar-refractivity contribution in [3.63, 3.8) is 0 Å². The first-order valence-electron chi connectivity index (χ1n) is 4.53. The summed E-state index contributed by atoms with van der Waals surface area (Å²) < 4.78 is 10.8. The van der Waals surface area contributed by atoms with E-state index in [2.05, 4.69) is 10.3 Å². The molecule has 7 heteroatoms. The fraction of sp³-hybridized carbons (Fsp3) is 0.333. The van der Waals surface area contributed by atoms with Crippen LogP contribution in [0.15, 0.2) is 12.3 Å². The van der Waals surface area contributed by atoms with E-state index in [1.54, 1.807) is 6.26 Å². The van der Waals surface area contributed by atoms with Gasteiger partial charge in [0.15, 0.2) is 0 Å². The number of anilines is 2. The van der Waals surface area contributed by atoms with Crippen molar-refractivity contribution in [3.8, 4) is 0 Å². The van der Waals surface area contributed by atoms with Crippen LogP contribution in [0.5, 0.6) is 0 Å². The zero-order valence-corrected chi connectivity index (χ0v) is 9.58. The summed E-state index contributed by atoms with van der Waals surface area (Å²) in [5, 5.41) is 11.6. The molecule has 1 unspecified atom stereocenters. The normalized spacial score (nSPS) is 12.1. The first-order valence-corrected chi connectivity index (χ1v) is 6.26. The number of nitrogens with one attached hydrogen (secondary N) is 1. The minimum atomic E-state index is -1.07. The maximum Gasteiger partial charge on any atom is 0.337 e. The number of carboxylic acids is 1. The van der Waals surface area contributed by atoms with E-state index >= 15 is 0 Å². The number of rotatable bonds is 5. The van der Waals surface area contributed by atoms with Gasteiger partial charge in [0, 0.05) is 35.5 Å². The summed E-state index contributed by atoms with van der Waals surface area (Å²) >= 11 is 0. The average molecular weight is 243 g/mol. The number of carboxylic acid groups (broad SMARTS) is 1. The van der Waals surface area contributed by atoms with Gasteiger partial charge in [0.25, 0.3) is 0 Å². The van der Waals surface area contributed by atoms with Crippen LogP contribution in [-0.2, 0) is 10.8 Å². The number of hydrogen-bond acceptors (Lipinski definition) is 5. The molecule has 1 aromatic heterocycles. The van der Waals surface area contributed by atoms with Crippen LogP contribution in [-0.4, -0.2) is 38.8 Å². The van der Waals surface area contributed by atoms with Crippen molar-refractivity contribution in [2.75, 3.05) is 29.6 Å². The van der Waals surface area contributed by atoms with E-state index in [1.807, 2.05) is 0 Å². The predicted molar refractivity (Wildman–Crippen MR) is 63.0 cm³/mol. The van der Waals surface area contributed by atoms with E-state index < -0.39 is 16.8 Å². The van der Waals surface area contributed by atoms with E-state index in [-0.39, 0.29) is 11.3 Å². The van der Waals surface area contributed by atoms with Crippen LogP contribution in [0.4, 0.5) is 11.5 Å². The highest BCUT2D eigenvalue weighted by molar-refractivity contribution is 7.84. The van der Waals surface area contributed by atoms with Crippen LogP contribution in [0.2, 0.25) is 0 Å². The molecular formula is C9H13N3O3S. The lowest BCUT2D eigenvalue weighted by atomic mass is 10.2. The molecule has 88 valence electrons. The van der Waals surface area contributed by atoms with Crippen molar-refractivity contribution in [3.05, 3.63) is 17.8 Å². The van der Waals surface area contributed by atoms with Gasteiger partial charge in [-0.2, -0.15) is 0 Å². The molecule has 1 aromatic rings. The number of aromatic carboxylic acids is 1. The summed E-state index contributed by atoms with van der Waals surface area (Å²) in [6.07, 6.45) is 2.83. The summed E-state index contributed by atoms with van der Waals surface area (Å²) in [7, 11) is -0.883. The van der Waals surface area contributed by atoms with Crippen LogP contribution in [0, 0.1) is 0 Å². The second-order valence-corrected chi connectivity index (χ2v) is 4.73. The lowest BCUT2D eigenvalue weighted by Gasteiger charge is -2.07. The Hall–Kier alpha value is -1.63. The van der Waals surface area contributed by atoms with Gasteiger partial charge in [-0.3, -0.25) is 4.21 Å². The van der Waals surface area contributed by atoms with E-state index in [4.69, 9.17) is 10.8 Å². The molecule has 16 heavy (non-hydrogen) atoms. The van der Waals surface area contributed by atoms with Crippen molar-refractivity contribution < 1.29 is 14.1 Å². The van der Waals surface area contributed by atoms with E-state index in [9.17, 15) is 9.00 Å². The SMILES string of the molecule is CS(=O)CCNc1ncc(C(=O)O)cc1N. The monoisotopic (exact) mass is 243 g/mol. The molecular weight excluding hydrogens is 230 g/mol. The number of nitrogens with zero attached hydrogens (tertiary/aromatic N) is 1. The summed E-state index contributed by atoms with van der Waals surface area (Å²) in [6, 6.07) is 1.33. The Balaban J connectivity index is 2.68. The smallest absolute Gasteiger partial charge is 0.337 e. The van der Waals surface area contributed by atoms with Gasteiger partial charge in [0.05, 0.1) is 11.3 Å². The lowest BCUT2D eigenvalue weighted by Crippen LogP contribution is -2.12. The van der Waals surface area contributed by atoms with Gasteiger partial charge in [0.2, 0.25) is 0 Å². The molecule has 0 amide bonds. The topological polar surface area (TPSA) is 105 Å². The molecule has 0 aromatic carbocycles. The summed E-state index contributed by atoms with van der Waals surface area (Å²) in [5.74, 6) is -0.169. The number of aromatic nitrogens is 1. The Bertz CT molecular complexity index is 422. The molecule has 0 saturated carbocycles. The Morgan fingerprint density at radius 2 is 2.38 bits per heavy atom. The Morgan fingerprint density at radius 3 is 2.88 bits per heavy atom. The van der Waals surface area contributed by atoms with Crippen molar-refractivity contribution in [1.29, 1.82) is 0 Å². The number of hydrogen-bond donors (Lipinski definition) is 3. The predicted octanol–water partition coefficient (Wildman–Crippen LogP) is 0.152. The van der Waals surface area contributed by atoms with Crippen molar-refractivity contribution >= 4 is 28.3 Å². The molecule has 0 aliphatic heterocycles. The first-order chi connectivity index (χ1) is 7.50. The fourth-order valence-electron chi connectivity index (χ4n) is 1.06. The highest BCUT2D eigenvalue weighted by Crippen LogP contribution is 2.15. The standard InChI is InChI=1S/C9H13N3O3S/c1-16(15)3-2-11-8-7(10)4-6(5-12-8)9(13)14/h4-5H,2-3,10H2,1H3,(H,11,12)(H,13,14). The van der Waals surface area contributed by atoms with Crippen LogP contribution >= 0.6 is 0 Å². The Kier molecular flexibility index (Phi) is 4.24. The van der Waals surface area contributed by atoms with Gasteiger partial charge in [-0.05, 0) is 6.07 Å². The summed E-state index contributed by atoms with van der Waals surface area (Å²) in [4.78, 5) is 14.5. The lowest BCUT2D eigenvalue weighted by molar-refractivity contribution is 0.0696. The highest BCUT2D eigenvalue weighted by Gasteiger charge is 2.07. The Morgan fingerprint density at radius 1 is 1.69 bits per heavy atom. The van der Waals surface area contributed by atoms with Crippen LogP contribution < -0.4 is 11.1 Å². The fourth-order valence-corrected chi connectivity index (χ4v) is 1.45. The molecule has 0 fully saturated rings. The summed E-state index contributed by atoms with van der Waals surface area (Å²) in [5.41, 5.74) is 5.92. The molecule has 0 bridgehead atoms. The van der Waals surface area contributed by atoms with Crippen LogP contribution in [0.3, 0.4) is 0 Å². The van der Waals surface area contributed by atoms with Crippen LogP contribution in [0.1, 0.15) is 10.4 Å². The quantitative estimate of drug-likeness (QED) is 0.680. The molecule has 0 aliphatic rings. The van der Waals surface area contributed by atoms with Crippen molar-refractivity contribution in [2.45, 2.75) is 0 Å². The maximum atomic E-state index is 10.8. The second-order valence-electron chi connectivity index (χ2n) is 3.17. The number of nitrogen functional groups attached to an aromatic ring is 1. The molecule has 6 nitrogen and oxygen atoms in total. The van der Waals surface area contributed by atoms with Crippen molar-refractivity contribution in [2.24, 2.45) is 0 Å². The van der Waals surface area contributed by atoms with Crippen molar-refractivity contribution in [1.82, 2.24) is 4.98 Å². The van der Waals surface area contributed by atoms with E-state index in [0.717, 1.165) is 0 Å². The number of nitrogens with two attached hydrogens (primary N) is 1. The zero-order chi connectivity index (χ0) is 12.1. The van der Waals surface area contributed by atoms with Gasteiger partial charge in [0.1, 0.15) is 5.82 Å². The average Bonchev–Trinajstić information content (AvgIpc) is 2.19. The van der Waals surface area contributed by atoms with E-state index in [0.29, 0.717) is 18.1 Å². The molecule has 0 radical (unpaired) electrons. The maximum absolute atomic E-state index is 10.8. The summed E-state index contributed by atoms with van der Waals surface area (Å²) in [6.45, 7) is 0.479. The largest absolute Gasteiger partial charge is 0.478 e. The van der Waals surface area contributed by atoms with Crippen LogP contribution in [0.25, 0.3) is 0 Å². The molecule has 1 rings (SSSR count). The number of carbonyl (C=O) groups is 1. The molecule has 0 aliphatic carbocycles. The minimum absolute atomic E-state index is 0.0436. The van der Waals surface area contributed by atoms with E-state index in [1.165, 1.54) is 12.3 Å². The van der Waals surface area contributed by atoms with Gasteiger partial charge >= 0.3 is 5.97 Å². The van der Waals surface area contributed by atoms with Gasteiger partial charge in [-0.1, -0.05) is 0 Å². The molecule has 1 heterocycles. The third-order valence-electron chi connectivity index (χ3n) is 1.85. The third kappa shape index (κ3) is 3.50. The molecule has 4 N–H and O–H groups in total. The first kappa shape index (κ1) is 12.4. The zero-order valence-electron chi connectivity index (χ0n) is 8.77. The molecule has 0 saturated heterocycles. The van der Waals surface area contributed by atoms with Gasteiger partial charge in [-0.15, -0.1) is 0 Å². The number of pyridine rings is 1. The van der Waals surface area contributed by atoms with Gasteiger partial charge < -0.3 is 16.2 Å². The third-order valence-corrected chi connectivity index (χ3v) is 2.63. The minimum Gasteiger partial charge on any atom is -0.478 e. The van der Waals surface area contributed by atoms with Gasteiger partial charge in [-0.25, -0.2) is 9.78 Å². The highest BCUT2D eigenvalue weighted by atomic mass is 32.2. The molecule has 0 spiro atoms. The second kappa shape index (κ2) is 5.45. The Labute approximate surface area is 95.3 Å².